The minimum atomic E-state index is -0.324. The Labute approximate surface area is 166 Å². The monoisotopic (exact) mass is 453 g/mol. The molecule has 0 fully saturated rings. The standard InChI is InChI=1S/C17H13BrFN3O2S2/c18-12-5-7-13(8-6-12)24-9-15(23)20-16-21-22-17(26-16)25-10-11-3-1-2-4-14(11)19/h1-8H,9-10H2,(H,20,21,23). The van der Waals surface area contributed by atoms with Crippen LogP contribution < -0.4 is 10.1 Å². The maximum absolute atomic E-state index is 13.6. The second kappa shape index (κ2) is 9.11. The number of rotatable bonds is 7. The van der Waals surface area contributed by atoms with Crippen molar-refractivity contribution in [2.24, 2.45) is 0 Å². The van der Waals surface area contributed by atoms with Crippen molar-refractivity contribution < 1.29 is 13.9 Å². The molecule has 0 aliphatic carbocycles. The average molecular weight is 454 g/mol. The highest BCUT2D eigenvalue weighted by molar-refractivity contribution is 9.10. The fourth-order valence-electron chi connectivity index (χ4n) is 1.91. The van der Waals surface area contributed by atoms with E-state index in [4.69, 9.17) is 4.74 Å². The van der Waals surface area contributed by atoms with Crippen molar-refractivity contribution in [3.8, 4) is 5.75 Å². The number of hydrogen-bond donors (Lipinski definition) is 1. The predicted octanol–water partition coefficient (Wildman–Crippen LogP) is 4.75. The SMILES string of the molecule is O=C(COc1ccc(Br)cc1)Nc1nnc(SCc2ccccc2F)s1. The van der Waals surface area contributed by atoms with Crippen molar-refractivity contribution in [3.05, 3.63) is 64.4 Å². The number of ether oxygens (including phenoxy) is 1. The summed E-state index contributed by atoms with van der Waals surface area (Å²) in [6.07, 6.45) is 0. The molecule has 1 heterocycles. The summed E-state index contributed by atoms with van der Waals surface area (Å²) in [5.74, 6) is 0.474. The minimum Gasteiger partial charge on any atom is -0.484 e. The zero-order valence-corrected chi connectivity index (χ0v) is 16.5. The highest BCUT2D eigenvalue weighted by atomic mass is 79.9. The molecule has 0 saturated heterocycles. The van der Waals surface area contributed by atoms with E-state index in [-0.39, 0.29) is 18.3 Å². The first-order chi connectivity index (χ1) is 12.6. The number of nitrogens with one attached hydrogen (secondary N) is 1. The van der Waals surface area contributed by atoms with Gasteiger partial charge in [-0.15, -0.1) is 10.2 Å². The Balaban J connectivity index is 1.47. The number of nitrogens with zero attached hydrogens (tertiary/aromatic N) is 2. The summed E-state index contributed by atoms with van der Waals surface area (Å²) in [5, 5.41) is 10.9. The zero-order chi connectivity index (χ0) is 18.4. The molecule has 0 aliphatic rings. The van der Waals surface area contributed by atoms with E-state index in [0.29, 0.717) is 26.5 Å². The summed E-state index contributed by atoms with van der Waals surface area (Å²) in [6.45, 7) is -0.126. The van der Waals surface area contributed by atoms with E-state index in [0.717, 1.165) is 4.47 Å². The van der Waals surface area contributed by atoms with Crippen molar-refractivity contribution in [1.29, 1.82) is 0 Å². The van der Waals surface area contributed by atoms with Gasteiger partial charge in [0.1, 0.15) is 11.6 Å². The molecular weight excluding hydrogens is 441 g/mol. The number of thioether (sulfide) groups is 1. The molecule has 0 aliphatic heterocycles. The van der Waals surface area contributed by atoms with Crippen LogP contribution >= 0.6 is 39.0 Å². The van der Waals surface area contributed by atoms with E-state index < -0.39 is 0 Å². The molecule has 2 aromatic carbocycles. The van der Waals surface area contributed by atoms with Crippen molar-refractivity contribution >= 4 is 50.1 Å². The lowest BCUT2D eigenvalue weighted by molar-refractivity contribution is -0.118. The second-order valence-electron chi connectivity index (χ2n) is 5.04. The van der Waals surface area contributed by atoms with Crippen molar-refractivity contribution in [2.75, 3.05) is 11.9 Å². The number of aromatic nitrogens is 2. The van der Waals surface area contributed by atoms with E-state index in [2.05, 4.69) is 31.4 Å². The van der Waals surface area contributed by atoms with Crippen LogP contribution in [-0.2, 0) is 10.5 Å². The van der Waals surface area contributed by atoms with Gasteiger partial charge in [0.05, 0.1) is 0 Å². The van der Waals surface area contributed by atoms with Gasteiger partial charge in [-0.3, -0.25) is 10.1 Å². The molecule has 0 bridgehead atoms. The average Bonchev–Trinajstić information content (AvgIpc) is 3.08. The van der Waals surface area contributed by atoms with Crippen LogP contribution in [0.3, 0.4) is 0 Å². The predicted molar refractivity (Wildman–Crippen MR) is 104 cm³/mol. The summed E-state index contributed by atoms with van der Waals surface area (Å²) in [6, 6.07) is 13.8. The third-order valence-electron chi connectivity index (χ3n) is 3.15. The molecule has 0 radical (unpaired) electrons. The second-order valence-corrected chi connectivity index (χ2v) is 8.16. The third-order valence-corrected chi connectivity index (χ3v) is 5.69. The van der Waals surface area contributed by atoms with Crippen LogP contribution in [-0.4, -0.2) is 22.7 Å². The molecule has 1 aromatic heterocycles. The molecule has 1 N–H and O–H groups in total. The molecule has 0 unspecified atom stereocenters. The lowest BCUT2D eigenvalue weighted by Gasteiger charge is -2.05. The Hall–Kier alpha value is -1.97. The zero-order valence-electron chi connectivity index (χ0n) is 13.3. The van der Waals surface area contributed by atoms with Crippen molar-refractivity contribution in [2.45, 2.75) is 10.1 Å². The van der Waals surface area contributed by atoms with E-state index >= 15 is 0 Å². The fraction of sp³-hybridized carbons (Fsp3) is 0.118. The Morgan fingerprint density at radius 2 is 1.96 bits per heavy atom. The van der Waals surface area contributed by atoms with Crippen LogP contribution in [0, 0.1) is 5.82 Å². The highest BCUT2D eigenvalue weighted by Crippen LogP contribution is 2.29. The lowest BCUT2D eigenvalue weighted by Crippen LogP contribution is -2.20. The summed E-state index contributed by atoms with van der Waals surface area (Å²) >= 11 is 5.93. The fourth-order valence-corrected chi connectivity index (χ4v) is 3.93. The lowest BCUT2D eigenvalue weighted by atomic mass is 10.2. The van der Waals surface area contributed by atoms with Gasteiger partial charge < -0.3 is 4.74 Å². The molecule has 26 heavy (non-hydrogen) atoms. The Morgan fingerprint density at radius 1 is 1.19 bits per heavy atom. The number of carbonyl (C=O) groups is 1. The summed E-state index contributed by atoms with van der Waals surface area (Å²) in [5.41, 5.74) is 0.598. The number of benzene rings is 2. The van der Waals surface area contributed by atoms with Crippen LogP contribution in [0.1, 0.15) is 5.56 Å². The van der Waals surface area contributed by atoms with Gasteiger partial charge in [0.2, 0.25) is 5.13 Å². The third kappa shape index (κ3) is 5.52. The van der Waals surface area contributed by atoms with Gasteiger partial charge in [0.25, 0.3) is 5.91 Å². The highest BCUT2D eigenvalue weighted by Gasteiger charge is 2.10. The van der Waals surface area contributed by atoms with Crippen LogP contribution in [0.15, 0.2) is 57.3 Å². The number of halogens is 2. The van der Waals surface area contributed by atoms with Crippen molar-refractivity contribution in [3.63, 3.8) is 0 Å². The Kier molecular flexibility index (Phi) is 6.59. The topological polar surface area (TPSA) is 64.1 Å². The van der Waals surface area contributed by atoms with E-state index in [9.17, 15) is 9.18 Å². The van der Waals surface area contributed by atoms with Gasteiger partial charge >= 0.3 is 0 Å². The molecule has 0 atom stereocenters. The Bertz CT molecular complexity index is 890. The van der Waals surface area contributed by atoms with Gasteiger partial charge in [-0.25, -0.2) is 4.39 Å². The van der Waals surface area contributed by atoms with Gasteiger partial charge in [-0.2, -0.15) is 0 Å². The molecule has 5 nitrogen and oxygen atoms in total. The van der Waals surface area contributed by atoms with Crippen LogP contribution in [0.5, 0.6) is 5.75 Å². The first-order valence-corrected chi connectivity index (χ1v) is 10.1. The molecular formula is C17H13BrFN3O2S2. The van der Waals surface area contributed by atoms with E-state index in [1.165, 1.54) is 29.2 Å². The summed E-state index contributed by atoms with van der Waals surface area (Å²) < 4.78 is 20.6. The Morgan fingerprint density at radius 3 is 2.73 bits per heavy atom. The van der Waals surface area contributed by atoms with E-state index in [1.807, 2.05) is 12.1 Å². The normalized spacial score (nSPS) is 10.5. The minimum absolute atomic E-state index is 0.126. The van der Waals surface area contributed by atoms with E-state index in [1.54, 1.807) is 30.3 Å². The molecule has 1 amide bonds. The number of carbonyl (C=O) groups excluding carboxylic acids is 1. The number of anilines is 1. The van der Waals surface area contributed by atoms with Crippen LogP contribution in [0.25, 0.3) is 0 Å². The summed E-state index contributed by atoms with van der Waals surface area (Å²) in [7, 11) is 0. The van der Waals surface area contributed by atoms with Gasteiger partial charge in [-0.05, 0) is 35.9 Å². The molecule has 0 spiro atoms. The quantitative estimate of drug-likeness (QED) is 0.413. The molecule has 134 valence electrons. The number of hydrogen-bond acceptors (Lipinski definition) is 6. The first-order valence-electron chi connectivity index (χ1n) is 7.48. The smallest absolute Gasteiger partial charge is 0.264 e. The van der Waals surface area contributed by atoms with Gasteiger partial charge in [0, 0.05) is 10.2 Å². The number of amides is 1. The van der Waals surface area contributed by atoms with Crippen LogP contribution in [0.4, 0.5) is 9.52 Å². The van der Waals surface area contributed by atoms with Gasteiger partial charge in [0.15, 0.2) is 10.9 Å². The maximum Gasteiger partial charge on any atom is 0.264 e. The first kappa shape index (κ1) is 18.8. The van der Waals surface area contributed by atoms with Gasteiger partial charge in [-0.1, -0.05) is 57.2 Å². The molecule has 3 aromatic rings. The molecule has 0 saturated carbocycles. The maximum atomic E-state index is 13.6. The summed E-state index contributed by atoms with van der Waals surface area (Å²) in [4.78, 5) is 11.9. The van der Waals surface area contributed by atoms with Crippen LogP contribution in [0.2, 0.25) is 0 Å². The largest absolute Gasteiger partial charge is 0.484 e. The molecule has 9 heteroatoms. The molecule has 3 rings (SSSR count). The van der Waals surface area contributed by atoms with Crippen molar-refractivity contribution in [1.82, 2.24) is 10.2 Å².